The minimum Gasteiger partial charge on any atom is -0.249 e. The summed E-state index contributed by atoms with van der Waals surface area (Å²) in [6.45, 7) is 0. The van der Waals surface area contributed by atoms with Gasteiger partial charge in [-0.15, -0.1) is 13.9 Å². The quantitative estimate of drug-likeness (QED) is 0.474. The zero-order chi connectivity index (χ0) is 9.28. The van der Waals surface area contributed by atoms with Gasteiger partial charge in [0.25, 0.3) is 0 Å². The summed E-state index contributed by atoms with van der Waals surface area (Å²) < 4.78 is 68.5. The predicted molar refractivity (Wildman–Crippen MR) is 17.7 cm³/mol. The molecule has 0 aliphatic carbocycles. The number of rotatable bonds is 2. The highest BCUT2D eigenvalue weighted by molar-refractivity contribution is 4.53. The van der Waals surface area contributed by atoms with E-state index in [-0.39, 0.29) is 0 Å². The largest absolute Gasteiger partial charge is 0.515 e. The summed E-state index contributed by atoms with van der Waals surface area (Å²) in [6.07, 6.45) is -15.2. The molecule has 0 aliphatic heterocycles. The van der Waals surface area contributed by atoms with Crippen LogP contribution in [-0.2, 0) is 9.84 Å². The van der Waals surface area contributed by atoms with E-state index in [4.69, 9.17) is 5.11 Å². The summed E-state index contributed by atoms with van der Waals surface area (Å²) in [5.41, 5.74) is 0. The van der Waals surface area contributed by atoms with Gasteiger partial charge in [0.1, 0.15) is 0 Å². The van der Waals surface area contributed by atoms with Gasteiger partial charge in [0.05, 0.1) is 0 Å². The zero-order valence-electron chi connectivity index (χ0n) is 4.66. The maximum Gasteiger partial charge on any atom is 0.515 e. The number of ether oxygens (including phenoxy) is 1. The van der Waals surface area contributed by atoms with Crippen LogP contribution >= 0.6 is 0 Å². The van der Waals surface area contributed by atoms with Crippen LogP contribution in [0, 0.1) is 0 Å². The van der Waals surface area contributed by atoms with E-state index in [1.807, 2.05) is 0 Å². The van der Waals surface area contributed by atoms with E-state index in [2.05, 4.69) is 4.74 Å². The van der Waals surface area contributed by atoms with E-state index in [1.165, 1.54) is 0 Å². The zero-order valence-corrected chi connectivity index (χ0v) is 4.66. The fourth-order valence-corrected chi connectivity index (χ4v) is 0.187. The number of halogens is 6. The predicted octanol–water partition coefficient (Wildman–Crippen LogP) is 1.84. The Morgan fingerprint density at radius 1 is 1.09 bits per heavy atom. The van der Waals surface area contributed by atoms with E-state index in [0.29, 0.717) is 0 Å². The molecule has 0 N–H and O–H groups in total. The van der Waals surface area contributed by atoms with Crippen LogP contribution in [0.3, 0.4) is 0 Å². The van der Waals surface area contributed by atoms with Crippen LogP contribution in [0.15, 0.2) is 0 Å². The van der Waals surface area contributed by atoms with Crippen LogP contribution in [0.1, 0.15) is 0 Å². The third kappa shape index (κ3) is 4.85. The molecule has 2 nitrogen and oxygen atoms in total. The van der Waals surface area contributed by atoms with Crippen molar-refractivity contribution >= 4 is 0 Å². The molecule has 1 unspecified atom stereocenters. The highest BCUT2D eigenvalue weighted by Gasteiger charge is 2.48. The second kappa shape index (κ2) is 2.86. The summed E-state index contributed by atoms with van der Waals surface area (Å²) in [6, 6.07) is 0. The van der Waals surface area contributed by atoms with Crippen LogP contribution in [0.2, 0.25) is 0 Å². The van der Waals surface area contributed by atoms with Crippen molar-refractivity contribution in [3.8, 4) is 0 Å². The first kappa shape index (κ1) is 10.5. The summed E-state index contributed by atoms with van der Waals surface area (Å²) in [5.74, 6) is 0. The van der Waals surface area contributed by atoms with Gasteiger partial charge in [-0.1, -0.05) is 0 Å². The summed E-state index contributed by atoms with van der Waals surface area (Å²) in [5, 5.41) is 9.07. The van der Waals surface area contributed by atoms with Crippen molar-refractivity contribution < 1.29 is 36.2 Å². The molecule has 0 spiro atoms. The lowest BCUT2D eigenvalue weighted by Crippen LogP contribution is -2.34. The van der Waals surface area contributed by atoms with Gasteiger partial charge in [-0.2, -0.15) is 13.2 Å². The van der Waals surface area contributed by atoms with Gasteiger partial charge in [-0.05, 0) is 0 Å². The van der Waals surface area contributed by atoms with Gasteiger partial charge < -0.3 is 0 Å². The Kier molecular flexibility index (Phi) is 2.73. The molecule has 0 saturated carbocycles. The van der Waals surface area contributed by atoms with Crippen molar-refractivity contribution in [3.63, 3.8) is 0 Å². The third-order valence-electron chi connectivity index (χ3n) is 0.498. The van der Waals surface area contributed by atoms with E-state index >= 15 is 0 Å². The number of alkyl halides is 6. The SMILES string of the molecule is [O]C(F)(F)OC(F)C(F)(F)F. The van der Waals surface area contributed by atoms with Gasteiger partial charge in [0.2, 0.25) is 0 Å². The fraction of sp³-hybridized carbons (Fsp3) is 1.00. The Labute approximate surface area is 56.4 Å². The van der Waals surface area contributed by atoms with Crippen LogP contribution in [0.4, 0.5) is 26.3 Å². The summed E-state index contributed by atoms with van der Waals surface area (Å²) in [7, 11) is 0. The Balaban J connectivity index is 3.99. The smallest absolute Gasteiger partial charge is 0.249 e. The first-order chi connectivity index (χ1) is 4.63. The average Bonchev–Trinajstić information content (AvgIpc) is 1.56. The Bertz CT molecular complexity index is 125. The molecule has 67 valence electrons. The Morgan fingerprint density at radius 3 is 1.55 bits per heavy atom. The lowest BCUT2D eigenvalue weighted by atomic mass is 10.7. The van der Waals surface area contributed by atoms with Crippen LogP contribution in [0.5, 0.6) is 0 Å². The minimum atomic E-state index is -5.60. The molecular formula is C3HF6O2. The van der Waals surface area contributed by atoms with Gasteiger partial charge >= 0.3 is 18.8 Å². The molecule has 11 heavy (non-hydrogen) atoms. The highest BCUT2D eigenvalue weighted by atomic mass is 19.4. The molecule has 1 atom stereocenters. The van der Waals surface area contributed by atoms with E-state index < -0.39 is 18.8 Å². The molecule has 0 rings (SSSR count). The molecule has 0 fully saturated rings. The van der Waals surface area contributed by atoms with Crippen molar-refractivity contribution in [2.24, 2.45) is 0 Å². The van der Waals surface area contributed by atoms with E-state index in [9.17, 15) is 26.3 Å². The second-order valence-corrected chi connectivity index (χ2v) is 1.44. The molecule has 0 bridgehead atoms. The van der Waals surface area contributed by atoms with Crippen molar-refractivity contribution in [1.29, 1.82) is 0 Å². The van der Waals surface area contributed by atoms with Crippen LogP contribution in [0.25, 0.3) is 0 Å². The lowest BCUT2D eigenvalue weighted by molar-refractivity contribution is -0.453. The summed E-state index contributed by atoms with van der Waals surface area (Å²) in [4.78, 5) is 0. The second-order valence-electron chi connectivity index (χ2n) is 1.44. The fourth-order valence-electron chi connectivity index (χ4n) is 0.187. The monoisotopic (exact) mass is 183 g/mol. The maximum absolute atomic E-state index is 11.4. The minimum absolute atomic E-state index is 2.12. The van der Waals surface area contributed by atoms with Crippen LogP contribution in [-0.4, -0.2) is 18.8 Å². The van der Waals surface area contributed by atoms with E-state index in [0.717, 1.165) is 0 Å². The molecule has 0 saturated heterocycles. The molecule has 0 amide bonds. The molecular weight excluding hydrogens is 182 g/mol. The van der Waals surface area contributed by atoms with Crippen molar-refractivity contribution in [2.75, 3.05) is 0 Å². The Morgan fingerprint density at radius 2 is 1.45 bits per heavy atom. The van der Waals surface area contributed by atoms with Crippen molar-refractivity contribution in [2.45, 2.75) is 18.8 Å². The molecule has 0 aromatic carbocycles. The van der Waals surface area contributed by atoms with Gasteiger partial charge in [-0.25, -0.2) is 9.13 Å². The topological polar surface area (TPSA) is 29.1 Å². The first-order valence-corrected chi connectivity index (χ1v) is 2.10. The molecule has 8 heteroatoms. The molecule has 0 aliphatic rings. The standard InChI is InChI=1S/C3HF6O2/c4-1(2(5,6)7)11-3(8,9)10/h1H. The number of hydrogen-bond acceptors (Lipinski definition) is 1. The van der Waals surface area contributed by atoms with Crippen molar-refractivity contribution in [3.05, 3.63) is 0 Å². The molecule has 0 heterocycles. The highest BCUT2D eigenvalue weighted by Crippen LogP contribution is 2.28. The molecule has 0 aromatic heterocycles. The first-order valence-electron chi connectivity index (χ1n) is 2.10. The van der Waals surface area contributed by atoms with Crippen molar-refractivity contribution in [1.82, 2.24) is 0 Å². The van der Waals surface area contributed by atoms with Gasteiger partial charge in [-0.3, -0.25) is 0 Å². The van der Waals surface area contributed by atoms with Crippen LogP contribution < -0.4 is 0 Å². The molecule has 0 aromatic rings. The number of hydrogen-bond donors (Lipinski definition) is 0. The average molecular weight is 183 g/mol. The lowest BCUT2D eigenvalue weighted by Gasteiger charge is -2.14. The Hall–Kier alpha value is -0.500. The normalized spacial score (nSPS) is 16.6. The van der Waals surface area contributed by atoms with Gasteiger partial charge in [0.15, 0.2) is 0 Å². The maximum atomic E-state index is 11.4. The summed E-state index contributed by atoms with van der Waals surface area (Å²) >= 11 is 0. The molecule has 1 radical (unpaired) electrons. The third-order valence-corrected chi connectivity index (χ3v) is 0.498. The van der Waals surface area contributed by atoms with E-state index in [1.54, 1.807) is 0 Å². The van der Waals surface area contributed by atoms with Gasteiger partial charge in [0, 0.05) is 0 Å².